The van der Waals surface area contributed by atoms with Crippen LogP contribution in [0.4, 0.5) is 4.39 Å². The number of rotatable bonds is 11. The zero-order valence-electron chi connectivity index (χ0n) is 19.7. The van der Waals surface area contributed by atoms with Crippen molar-refractivity contribution in [1.29, 1.82) is 0 Å². The standard InChI is InChI=1S/C28H31FN2O2S/c1-4-16-30(28(33)25(5-2)23-9-7-6-8-10-23)20-27(32)31(19-26-21(3)15-17-34-26)18-22-11-13-24(29)14-12-22/h4,6-15,17,25H,1,5,16,18-20H2,2-3H3. The van der Waals surface area contributed by atoms with Gasteiger partial charge in [-0.15, -0.1) is 17.9 Å². The maximum absolute atomic E-state index is 13.5. The zero-order valence-corrected chi connectivity index (χ0v) is 20.6. The van der Waals surface area contributed by atoms with Gasteiger partial charge < -0.3 is 9.80 Å². The Bertz CT molecular complexity index is 1100. The van der Waals surface area contributed by atoms with E-state index in [-0.39, 0.29) is 36.6 Å². The predicted molar refractivity (Wildman–Crippen MR) is 136 cm³/mol. The molecule has 0 aliphatic rings. The summed E-state index contributed by atoms with van der Waals surface area (Å²) in [6.45, 7) is 8.80. The summed E-state index contributed by atoms with van der Waals surface area (Å²) < 4.78 is 13.4. The second-order valence-electron chi connectivity index (χ2n) is 8.28. The molecule has 0 saturated heterocycles. The van der Waals surface area contributed by atoms with Crippen LogP contribution in [-0.2, 0) is 22.7 Å². The minimum absolute atomic E-state index is 0.0419. The summed E-state index contributed by atoms with van der Waals surface area (Å²) in [6, 6.07) is 17.8. The van der Waals surface area contributed by atoms with Gasteiger partial charge in [0.25, 0.3) is 0 Å². The number of carbonyl (C=O) groups is 2. The summed E-state index contributed by atoms with van der Waals surface area (Å²) in [5.74, 6) is -0.879. The summed E-state index contributed by atoms with van der Waals surface area (Å²) in [5, 5.41) is 2.00. The Kier molecular flexibility index (Phi) is 9.16. The molecule has 34 heavy (non-hydrogen) atoms. The molecule has 6 heteroatoms. The van der Waals surface area contributed by atoms with Crippen molar-refractivity contribution in [1.82, 2.24) is 9.80 Å². The van der Waals surface area contributed by atoms with Crippen molar-refractivity contribution in [3.8, 4) is 0 Å². The highest BCUT2D eigenvalue weighted by Gasteiger charge is 2.27. The molecule has 0 aliphatic carbocycles. The molecule has 0 radical (unpaired) electrons. The summed E-state index contributed by atoms with van der Waals surface area (Å²) >= 11 is 1.60. The van der Waals surface area contributed by atoms with Crippen LogP contribution < -0.4 is 0 Å². The molecule has 4 nitrogen and oxygen atoms in total. The van der Waals surface area contributed by atoms with Crippen molar-refractivity contribution >= 4 is 23.2 Å². The van der Waals surface area contributed by atoms with Crippen LogP contribution in [-0.4, -0.2) is 34.7 Å². The van der Waals surface area contributed by atoms with Crippen molar-refractivity contribution in [3.63, 3.8) is 0 Å². The van der Waals surface area contributed by atoms with Crippen LogP contribution in [0.15, 0.2) is 78.7 Å². The number of thiophene rings is 1. The van der Waals surface area contributed by atoms with E-state index >= 15 is 0 Å². The molecule has 1 heterocycles. The highest BCUT2D eigenvalue weighted by Crippen LogP contribution is 2.23. The lowest BCUT2D eigenvalue weighted by Crippen LogP contribution is -2.44. The molecule has 0 bridgehead atoms. The third-order valence-corrected chi connectivity index (χ3v) is 6.85. The smallest absolute Gasteiger partial charge is 0.242 e. The lowest BCUT2D eigenvalue weighted by atomic mass is 9.95. The topological polar surface area (TPSA) is 40.6 Å². The third-order valence-electron chi connectivity index (χ3n) is 5.84. The predicted octanol–water partition coefficient (Wildman–Crippen LogP) is 5.93. The van der Waals surface area contributed by atoms with Gasteiger partial charge in [0.2, 0.25) is 11.8 Å². The van der Waals surface area contributed by atoms with Gasteiger partial charge in [-0.25, -0.2) is 4.39 Å². The van der Waals surface area contributed by atoms with Gasteiger partial charge in [-0.05, 0) is 53.6 Å². The molecule has 1 aromatic heterocycles. The first-order chi connectivity index (χ1) is 16.4. The number of hydrogen-bond donors (Lipinski definition) is 0. The largest absolute Gasteiger partial charge is 0.332 e. The molecule has 178 valence electrons. The molecule has 3 rings (SSSR count). The van der Waals surface area contributed by atoms with Gasteiger partial charge in [-0.2, -0.15) is 0 Å². The van der Waals surface area contributed by atoms with Gasteiger partial charge in [0.05, 0.1) is 12.5 Å². The molecular formula is C28H31FN2O2S. The zero-order chi connectivity index (χ0) is 24.5. The van der Waals surface area contributed by atoms with Crippen molar-refractivity contribution in [2.45, 2.75) is 39.3 Å². The highest BCUT2D eigenvalue weighted by molar-refractivity contribution is 7.10. The summed E-state index contributed by atoms with van der Waals surface area (Å²) in [4.78, 5) is 31.4. The minimum atomic E-state index is -0.320. The molecule has 2 amide bonds. The van der Waals surface area contributed by atoms with Crippen LogP contribution in [0.2, 0.25) is 0 Å². The summed E-state index contributed by atoms with van der Waals surface area (Å²) in [7, 11) is 0. The number of hydrogen-bond acceptors (Lipinski definition) is 3. The molecule has 0 fully saturated rings. The van der Waals surface area contributed by atoms with E-state index in [1.54, 1.807) is 39.3 Å². The monoisotopic (exact) mass is 478 g/mol. The average molecular weight is 479 g/mol. The highest BCUT2D eigenvalue weighted by atomic mass is 32.1. The Morgan fingerprint density at radius 1 is 1.03 bits per heavy atom. The van der Waals surface area contributed by atoms with E-state index in [4.69, 9.17) is 0 Å². The molecule has 0 N–H and O–H groups in total. The van der Waals surface area contributed by atoms with E-state index < -0.39 is 0 Å². The second-order valence-corrected chi connectivity index (χ2v) is 9.28. The first-order valence-corrected chi connectivity index (χ1v) is 12.3. The lowest BCUT2D eigenvalue weighted by Gasteiger charge is -2.29. The maximum Gasteiger partial charge on any atom is 0.242 e. The Balaban J connectivity index is 1.82. The van der Waals surface area contributed by atoms with E-state index in [0.29, 0.717) is 19.5 Å². The second kappa shape index (κ2) is 12.3. The van der Waals surface area contributed by atoms with Crippen LogP contribution in [0.5, 0.6) is 0 Å². The minimum Gasteiger partial charge on any atom is -0.332 e. The van der Waals surface area contributed by atoms with Gasteiger partial charge in [0.1, 0.15) is 12.4 Å². The molecule has 1 atom stereocenters. The quantitative estimate of drug-likeness (QED) is 0.320. The van der Waals surface area contributed by atoms with E-state index in [9.17, 15) is 14.0 Å². The Hall–Kier alpha value is -3.25. The first kappa shape index (κ1) is 25.4. The molecule has 0 saturated carbocycles. The van der Waals surface area contributed by atoms with Gasteiger partial charge in [-0.3, -0.25) is 9.59 Å². The average Bonchev–Trinajstić information content (AvgIpc) is 3.25. The van der Waals surface area contributed by atoms with Crippen LogP contribution in [0.1, 0.15) is 40.8 Å². The van der Waals surface area contributed by atoms with Crippen molar-refractivity contribution in [2.24, 2.45) is 0 Å². The lowest BCUT2D eigenvalue weighted by molar-refractivity contribution is -0.141. The van der Waals surface area contributed by atoms with Gasteiger partial charge >= 0.3 is 0 Å². The van der Waals surface area contributed by atoms with E-state index in [2.05, 4.69) is 6.58 Å². The third kappa shape index (κ3) is 6.64. The molecule has 2 aromatic carbocycles. The molecule has 1 unspecified atom stereocenters. The van der Waals surface area contributed by atoms with Gasteiger partial charge in [0.15, 0.2) is 0 Å². The molecule has 0 aliphatic heterocycles. The summed E-state index contributed by atoms with van der Waals surface area (Å²) in [5.41, 5.74) is 2.89. The SMILES string of the molecule is C=CCN(CC(=O)N(Cc1ccc(F)cc1)Cc1sccc1C)C(=O)C(CC)c1ccccc1. The number of carbonyl (C=O) groups excluding carboxylic acids is 2. The number of nitrogens with zero attached hydrogens (tertiary/aromatic N) is 2. The van der Waals surface area contributed by atoms with Crippen molar-refractivity contribution in [3.05, 3.63) is 106 Å². The van der Waals surface area contributed by atoms with Gasteiger partial charge in [-0.1, -0.05) is 55.5 Å². The van der Waals surface area contributed by atoms with Crippen LogP contribution in [0.25, 0.3) is 0 Å². The van der Waals surface area contributed by atoms with E-state index in [0.717, 1.165) is 21.6 Å². The van der Waals surface area contributed by atoms with E-state index in [1.165, 1.54) is 12.1 Å². The fourth-order valence-corrected chi connectivity index (χ4v) is 4.81. The van der Waals surface area contributed by atoms with Crippen LogP contribution in [0, 0.1) is 12.7 Å². The fraction of sp³-hybridized carbons (Fsp3) is 0.286. The van der Waals surface area contributed by atoms with Crippen LogP contribution >= 0.6 is 11.3 Å². The van der Waals surface area contributed by atoms with Gasteiger partial charge in [0, 0.05) is 18.0 Å². The normalized spacial score (nSPS) is 11.6. The number of halogens is 1. The first-order valence-electron chi connectivity index (χ1n) is 11.4. The summed E-state index contributed by atoms with van der Waals surface area (Å²) in [6.07, 6.45) is 2.29. The number of benzene rings is 2. The number of amides is 2. The van der Waals surface area contributed by atoms with E-state index in [1.807, 2.05) is 55.6 Å². The van der Waals surface area contributed by atoms with Crippen molar-refractivity contribution in [2.75, 3.05) is 13.1 Å². The van der Waals surface area contributed by atoms with Crippen LogP contribution in [0.3, 0.4) is 0 Å². The molecule has 3 aromatic rings. The Morgan fingerprint density at radius 3 is 2.32 bits per heavy atom. The Morgan fingerprint density at radius 2 is 1.74 bits per heavy atom. The number of aryl methyl sites for hydroxylation is 1. The Labute approximate surface area is 205 Å². The molecular weight excluding hydrogens is 447 g/mol. The fourth-order valence-electron chi connectivity index (χ4n) is 3.89. The molecule has 0 spiro atoms. The maximum atomic E-state index is 13.5. The van der Waals surface area contributed by atoms with Crippen molar-refractivity contribution < 1.29 is 14.0 Å².